The molecule has 2 rings (SSSR count). The smallest absolute Gasteiger partial charge is 0.255 e. The largest absolute Gasteiger partial charge is 0.337 e. The third-order valence-electron chi connectivity index (χ3n) is 3.01. The lowest BCUT2D eigenvalue weighted by Crippen LogP contribution is -2.26. The highest BCUT2D eigenvalue weighted by molar-refractivity contribution is 9.10. The molecule has 0 saturated heterocycles. The fraction of sp³-hybridized carbons (Fsp3) is 0.188. The van der Waals surface area contributed by atoms with Crippen molar-refractivity contribution in [2.45, 2.75) is 13.5 Å². The van der Waals surface area contributed by atoms with Crippen LogP contribution in [0.4, 0.5) is 0 Å². The summed E-state index contributed by atoms with van der Waals surface area (Å²) in [5, 5.41) is 0. The van der Waals surface area contributed by atoms with Crippen LogP contribution in [0.25, 0.3) is 0 Å². The number of nitrogens with zero attached hydrogens (tertiary/aromatic N) is 1. The Bertz CT molecular complexity index is 640. The van der Waals surface area contributed by atoms with Crippen LogP contribution in [0.5, 0.6) is 0 Å². The van der Waals surface area contributed by atoms with Crippen molar-refractivity contribution >= 4 is 37.8 Å². The van der Waals surface area contributed by atoms with Crippen LogP contribution < -0.4 is 0 Å². The molecule has 0 fully saturated rings. The van der Waals surface area contributed by atoms with Crippen LogP contribution >= 0.6 is 31.9 Å². The van der Waals surface area contributed by atoms with Crippen molar-refractivity contribution in [3.05, 3.63) is 68.1 Å². The molecule has 0 aliphatic heterocycles. The molecule has 0 radical (unpaired) electrons. The zero-order chi connectivity index (χ0) is 14.7. The minimum absolute atomic E-state index is 0.0110. The van der Waals surface area contributed by atoms with Crippen molar-refractivity contribution in [1.29, 1.82) is 0 Å². The SMILES string of the molecule is Cc1ccc(C(=O)N(C)Cc2cccc(Br)c2)c(Br)c1. The van der Waals surface area contributed by atoms with Gasteiger partial charge in [-0.05, 0) is 58.2 Å². The van der Waals surface area contributed by atoms with Gasteiger partial charge in [-0.15, -0.1) is 0 Å². The molecule has 0 unspecified atom stereocenters. The van der Waals surface area contributed by atoms with Crippen molar-refractivity contribution < 1.29 is 4.79 Å². The number of amides is 1. The second kappa shape index (κ2) is 6.55. The van der Waals surface area contributed by atoms with Gasteiger partial charge >= 0.3 is 0 Å². The van der Waals surface area contributed by atoms with E-state index in [0.29, 0.717) is 12.1 Å². The van der Waals surface area contributed by atoms with Gasteiger partial charge in [0.1, 0.15) is 0 Å². The van der Waals surface area contributed by atoms with Gasteiger partial charge in [-0.2, -0.15) is 0 Å². The standard InChI is InChI=1S/C16H15Br2NO/c1-11-6-7-14(15(18)8-11)16(20)19(2)10-12-4-3-5-13(17)9-12/h3-9H,10H2,1-2H3. The van der Waals surface area contributed by atoms with Crippen LogP contribution in [0.1, 0.15) is 21.5 Å². The first-order chi connectivity index (χ1) is 9.47. The van der Waals surface area contributed by atoms with E-state index in [9.17, 15) is 4.79 Å². The topological polar surface area (TPSA) is 20.3 Å². The molecule has 1 amide bonds. The molecule has 0 N–H and O–H groups in total. The first-order valence-electron chi connectivity index (χ1n) is 6.23. The molecule has 20 heavy (non-hydrogen) atoms. The number of aryl methyl sites for hydroxylation is 1. The third-order valence-corrected chi connectivity index (χ3v) is 4.16. The lowest BCUT2D eigenvalue weighted by molar-refractivity contribution is 0.0784. The fourth-order valence-electron chi connectivity index (χ4n) is 1.98. The van der Waals surface area contributed by atoms with Crippen molar-refractivity contribution in [3.63, 3.8) is 0 Å². The van der Waals surface area contributed by atoms with E-state index in [1.54, 1.807) is 4.90 Å². The molecule has 2 aromatic carbocycles. The van der Waals surface area contributed by atoms with Gasteiger partial charge in [0.2, 0.25) is 0 Å². The highest BCUT2D eigenvalue weighted by Gasteiger charge is 2.15. The molecular formula is C16H15Br2NO. The van der Waals surface area contributed by atoms with Crippen molar-refractivity contribution in [2.75, 3.05) is 7.05 Å². The summed E-state index contributed by atoms with van der Waals surface area (Å²) in [6.45, 7) is 2.59. The van der Waals surface area contributed by atoms with E-state index in [2.05, 4.69) is 31.9 Å². The summed E-state index contributed by atoms with van der Waals surface area (Å²) in [7, 11) is 1.82. The van der Waals surface area contributed by atoms with Crippen LogP contribution in [0, 0.1) is 6.92 Å². The summed E-state index contributed by atoms with van der Waals surface area (Å²) in [6, 6.07) is 13.7. The molecular weight excluding hydrogens is 382 g/mol. The highest BCUT2D eigenvalue weighted by atomic mass is 79.9. The summed E-state index contributed by atoms with van der Waals surface area (Å²) < 4.78 is 1.86. The van der Waals surface area contributed by atoms with Gasteiger partial charge in [0, 0.05) is 22.5 Å². The van der Waals surface area contributed by atoms with Crippen LogP contribution in [-0.2, 0) is 6.54 Å². The normalized spacial score (nSPS) is 10.4. The average Bonchev–Trinajstić information content (AvgIpc) is 2.38. The van der Waals surface area contributed by atoms with Crippen LogP contribution in [0.3, 0.4) is 0 Å². The maximum atomic E-state index is 12.5. The van der Waals surface area contributed by atoms with Gasteiger partial charge in [0.15, 0.2) is 0 Å². The molecule has 0 heterocycles. The molecule has 2 aromatic rings. The zero-order valence-corrected chi connectivity index (χ0v) is 14.5. The van der Waals surface area contributed by atoms with E-state index < -0.39 is 0 Å². The number of benzene rings is 2. The quantitative estimate of drug-likeness (QED) is 0.730. The van der Waals surface area contributed by atoms with Gasteiger partial charge in [-0.25, -0.2) is 0 Å². The first-order valence-corrected chi connectivity index (χ1v) is 7.82. The van der Waals surface area contributed by atoms with Gasteiger partial charge < -0.3 is 4.90 Å². The fourth-order valence-corrected chi connectivity index (χ4v) is 3.09. The summed E-state index contributed by atoms with van der Waals surface area (Å²) in [5.41, 5.74) is 2.91. The maximum Gasteiger partial charge on any atom is 0.255 e. The summed E-state index contributed by atoms with van der Waals surface area (Å²) in [6.07, 6.45) is 0. The van der Waals surface area contributed by atoms with Crippen molar-refractivity contribution in [2.24, 2.45) is 0 Å². The van der Waals surface area contributed by atoms with Crippen LogP contribution in [-0.4, -0.2) is 17.9 Å². The molecule has 0 saturated carbocycles. The molecule has 0 aliphatic carbocycles. The Kier molecular flexibility index (Phi) is 5.00. The predicted octanol–water partition coefficient (Wildman–Crippen LogP) is 4.79. The maximum absolute atomic E-state index is 12.5. The Hall–Kier alpha value is -1.13. The molecule has 4 heteroatoms. The Morgan fingerprint density at radius 2 is 1.90 bits per heavy atom. The van der Waals surface area contributed by atoms with Crippen LogP contribution in [0.2, 0.25) is 0 Å². The third kappa shape index (κ3) is 3.70. The molecule has 0 bridgehead atoms. The van der Waals surface area contributed by atoms with E-state index in [1.807, 2.05) is 56.4 Å². The van der Waals surface area contributed by atoms with E-state index in [4.69, 9.17) is 0 Å². The van der Waals surface area contributed by atoms with E-state index in [0.717, 1.165) is 20.1 Å². The molecule has 0 aliphatic rings. The van der Waals surface area contributed by atoms with Gasteiger partial charge in [0.25, 0.3) is 5.91 Å². The van der Waals surface area contributed by atoms with Crippen molar-refractivity contribution in [1.82, 2.24) is 4.90 Å². The second-order valence-corrected chi connectivity index (χ2v) is 6.54. The predicted molar refractivity (Wildman–Crippen MR) is 88.8 cm³/mol. The molecule has 104 valence electrons. The highest BCUT2D eigenvalue weighted by Crippen LogP contribution is 2.21. The Labute approximate surface area is 136 Å². The minimum Gasteiger partial charge on any atom is -0.337 e. The Balaban J connectivity index is 2.16. The zero-order valence-electron chi connectivity index (χ0n) is 11.4. The van der Waals surface area contributed by atoms with E-state index in [-0.39, 0.29) is 5.91 Å². The van der Waals surface area contributed by atoms with Gasteiger partial charge in [-0.1, -0.05) is 34.1 Å². The number of carbonyl (C=O) groups is 1. The molecule has 0 spiro atoms. The van der Waals surface area contributed by atoms with E-state index >= 15 is 0 Å². The second-order valence-electron chi connectivity index (χ2n) is 4.77. The van der Waals surface area contributed by atoms with Gasteiger partial charge in [0.05, 0.1) is 5.56 Å². The molecule has 2 nitrogen and oxygen atoms in total. The number of carbonyl (C=O) groups excluding carboxylic acids is 1. The number of hydrogen-bond donors (Lipinski definition) is 0. The average molecular weight is 397 g/mol. The first kappa shape index (κ1) is 15.3. The van der Waals surface area contributed by atoms with Crippen molar-refractivity contribution in [3.8, 4) is 0 Å². The molecule has 0 atom stereocenters. The lowest BCUT2D eigenvalue weighted by Gasteiger charge is -2.18. The Morgan fingerprint density at radius 3 is 2.55 bits per heavy atom. The molecule has 0 aromatic heterocycles. The number of rotatable bonds is 3. The number of halogens is 2. The van der Waals surface area contributed by atoms with Gasteiger partial charge in [-0.3, -0.25) is 4.79 Å². The monoisotopic (exact) mass is 395 g/mol. The van der Waals surface area contributed by atoms with Crippen LogP contribution in [0.15, 0.2) is 51.4 Å². The summed E-state index contributed by atoms with van der Waals surface area (Å²) in [4.78, 5) is 14.2. The lowest BCUT2D eigenvalue weighted by atomic mass is 10.1. The number of hydrogen-bond acceptors (Lipinski definition) is 1. The Morgan fingerprint density at radius 1 is 1.15 bits per heavy atom. The summed E-state index contributed by atoms with van der Waals surface area (Å²) in [5.74, 6) is 0.0110. The van der Waals surface area contributed by atoms with E-state index in [1.165, 1.54) is 0 Å². The summed E-state index contributed by atoms with van der Waals surface area (Å²) >= 11 is 6.90. The minimum atomic E-state index is 0.0110.